The zero-order valence-corrected chi connectivity index (χ0v) is 11.8. The zero-order valence-electron chi connectivity index (χ0n) is 11.8. The summed E-state index contributed by atoms with van der Waals surface area (Å²) in [6.45, 7) is 3.23. The van der Waals surface area contributed by atoms with E-state index in [1.165, 1.54) is 6.20 Å². The molecule has 0 aliphatic carbocycles. The van der Waals surface area contributed by atoms with Crippen molar-refractivity contribution in [3.63, 3.8) is 0 Å². The monoisotopic (exact) mass is 285 g/mol. The van der Waals surface area contributed by atoms with Gasteiger partial charge in [0, 0.05) is 13.2 Å². The van der Waals surface area contributed by atoms with E-state index in [0.717, 1.165) is 5.69 Å². The third-order valence-electron chi connectivity index (χ3n) is 3.44. The van der Waals surface area contributed by atoms with Gasteiger partial charge in [-0.05, 0) is 6.92 Å². The first-order valence-corrected chi connectivity index (χ1v) is 6.49. The molecule has 2 aromatic heterocycles. The molecule has 1 saturated heterocycles. The number of nitrogens with zero attached hydrogens (tertiary/aromatic N) is 5. The first-order chi connectivity index (χ1) is 10.2. The van der Waals surface area contributed by atoms with Gasteiger partial charge in [-0.1, -0.05) is 0 Å². The summed E-state index contributed by atoms with van der Waals surface area (Å²) >= 11 is 0. The summed E-state index contributed by atoms with van der Waals surface area (Å²) in [7, 11) is 1.73. The Morgan fingerprint density at radius 3 is 2.81 bits per heavy atom. The lowest BCUT2D eigenvalue weighted by atomic mass is 9.98. The molecule has 3 rings (SSSR count). The summed E-state index contributed by atoms with van der Waals surface area (Å²) in [6.07, 6.45) is 5.01. The fraction of sp³-hybridized carbons (Fsp3) is 0.385. The second kappa shape index (κ2) is 5.03. The predicted octanol–water partition coefficient (Wildman–Crippen LogP) is 1.04. The number of anilines is 3. The maximum atomic E-state index is 9.06. The lowest BCUT2D eigenvalue weighted by Crippen LogP contribution is -2.59. The number of ether oxygens (including phenoxy) is 1. The summed E-state index contributed by atoms with van der Waals surface area (Å²) in [5, 5.41) is 18.8. The van der Waals surface area contributed by atoms with Crippen molar-refractivity contribution in [2.24, 2.45) is 0 Å². The SMILES string of the molecule is CNc1nc(N(c2cn[nH]c2)C2(C)COC2)ncc1C#N. The zero-order chi connectivity index (χ0) is 14.9. The molecule has 0 amide bonds. The van der Waals surface area contributed by atoms with Crippen LogP contribution in [-0.4, -0.2) is 46.0 Å². The third-order valence-corrected chi connectivity index (χ3v) is 3.44. The highest BCUT2D eigenvalue weighted by atomic mass is 16.5. The number of aromatic nitrogens is 4. The van der Waals surface area contributed by atoms with Crippen LogP contribution in [0.25, 0.3) is 0 Å². The van der Waals surface area contributed by atoms with Gasteiger partial charge in [0.15, 0.2) is 0 Å². The Morgan fingerprint density at radius 1 is 1.48 bits per heavy atom. The fourth-order valence-corrected chi connectivity index (χ4v) is 2.31. The van der Waals surface area contributed by atoms with Gasteiger partial charge in [-0.2, -0.15) is 15.3 Å². The Hall–Kier alpha value is -2.66. The van der Waals surface area contributed by atoms with Gasteiger partial charge < -0.3 is 10.1 Å². The molecule has 2 aromatic rings. The Bertz CT molecular complexity index is 672. The fourth-order valence-electron chi connectivity index (χ4n) is 2.31. The summed E-state index contributed by atoms with van der Waals surface area (Å²) in [5.41, 5.74) is 1.03. The summed E-state index contributed by atoms with van der Waals surface area (Å²) < 4.78 is 5.34. The van der Waals surface area contributed by atoms with Crippen LogP contribution in [0, 0.1) is 11.3 Å². The molecular formula is C13H15N7O. The molecule has 0 aromatic carbocycles. The van der Waals surface area contributed by atoms with Gasteiger partial charge in [0.05, 0.1) is 36.8 Å². The number of H-pyrrole nitrogens is 1. The smallest absolute Gasteiger partial charge is 0.232 e. The van der Waals surface area contributed by atoms with Crippen LogP contribution in [0.15, 0.2) is 18.6 Å². The first kappa shape index (κ1) is 13.3. The van der Waals surface area contributed by atoms with E-state index in [-0.39, 0.29) is 5.54 Å². The summed E-state index contributed by atoms with van der Waals surface area (Å²) in [5.74, 6) is 1.00. The number of rotatable bonds is 4. The molecule has 1 aliphatic heterocycles. The van der Waals surface area contributed by atoms with Crippen LogP contribution in [0.5, 0.6) is 0 Å². The molecule has 0 bridgehead atoms. The molecule has 0 atom stereocenters. The molecule has 8 heteroatoms. The van der Waals surface area contributed by atoms with Gasteiger partial charge in [0.2, 0.25) is 5.95 Å². The molecule has 0 spiro atoms. The van der Waals surface area contributed by atoms with E-state index in [1.54, 1.807) is 19.4 Å². The number of hydrogen-bond donors (Lipinski definition) is 2. The van der Waals surface area contributed by atoms with Crippen LogP contribution in [0.4, 0.5) is 17.5 Å². The average Bonchev–Trinajstić information content (AvgIpc) is 2.99. The molecule has 1 aliphatic rings. The molecule has 8 nitrogen and oxygen atoms in total. The van der Waals surface area contributed by atoms with Crippen LogP contribution in [0.3, 0.4) is 0 Å². The van der Waals surface area contributed by atoms with Crippen molar-refractivity contribution >= 4 is 17.5 Å². The minimum atomic E-state index is -0.233. The standard InChI is InChI=1S/C13H15N7O/c1-13(7-21-8-13)20(10-5-17-18-6-10)12-16-4-9(3-14)11(15-2)19-12/h4-6H,7-8H2,1-2H3,(H,17,18)(H,15,16,19). The first-order valence-electron chi connectivity index (χ1n) is 6.49. The molecule has 2 N–H and O–H groups in total. The van der Waals surface area contributed by atoms with E-state index in [1.807, 2.05) is 4.90 Å². The quantitative estimate of drug-likeness (QED) is 0.865. The van der Waals surface area contributed by atoms with Crippen LogP contribution >= 0.6 is 0 Å². The van der Waals surface area contributed by atoms with Crippen LogP contribution in [0.1, 0.15) is 12.5 Å². The average molecular weight is 285 g/mol. The Kier molecular flexibility index (Phi) is 3.19. The summed E-state index contributed by atoms with van der Waals surface area (Å²) in [4.78, 5) is 10.7. The molecule has 0 unspecified atom stereocenters. The molecule has 108 valence electrons. The van der Waals surface area contributed by atoms with Crippen molar-refractivity contribution in [1.82, 2.24) is 20.2 Å². The van der Waals surface area contributed by atoms with Gasteiger partial charge >= 0.3 is 0 Å². The second-order valence-corrected chi connectivity index (χ2v) is 5.08. The van der Waals surface area contributed by atoms with E-state index < -0.39 is 0 Å². The largest absolute Gasteiger partial charge is 0.376 e. The molecule has 0 saturated carbocycles. The Morgan fingerprint density at radius 2 is 2.29 bits per heavy atom. The van der Waals surface area contributed by atoms with E-state index in [4.69, 9.17) is 10.00 Å². The molecule has 1 fully saturated rings. The van der Waals surface area contributed by atoms with Gasteiger partial charge in [0.1, 0.15) is 17.5 Å². The number of nitriles is 1. The van der Waals surface area contributed by atoms with Gasteiger partial charge in [-0.15, -0.1) is 0 Å². The number of hydrogen-bond acceptors (Lipinski definition) is 7. The van der Waals surface area contributed by atoms with Crippen LogP contribution < -0.4 is 10.2 Å². The van der Waals surface area contributed by atoms with E-state index in [0.29, 0.717) is 30.5 Å². The van der Waals surface area contributed by atoms with Crippen molar-refractivity contribution in [2.75, 3.05) is 30.5 Å². The lowest BCUT2D eigenvalue weighted by molar-refractivity contribution is -0.0433. The molecule has 3 heterocycles. The third kappa shape index (κ3) is 2.17. The highest BCUT2D eigenvalue weighted by molar-refractivity contribution is 5.62. The minimum absolute atomic E-state index is 0.233. The number of nitrogens with one attached hydrogen (secondary N) is 2. The van der Waals surface area contributed by atoms with Crippen molar-refractivity contribution in [3.05, 3.63) is 24.2 Å². The van der Waals surface area contributed by atoms with Crippen molar-refractivity contribution in [1.29, 1.82) is 5.26 Å². The van der Waals surface area contributed by atoms with E-state index in [2.05, 4.69) is 38.5 Å². The van der Waals surface area contributed by atoms with E-state index in [9.17, 15) is 0 Å². The minimum Gasteiger partial charge on any atom is -0.376 e. The molecule has 0 radical (unpaired) electrons. The lowest BCUT2D eigenvalue weighted by Gasteiger charge is -2.46. The highest BCUT2D eigenvalue weighted by Crippen LogP contribution is 2.35. The normalized spacial score (nSPS) is 15.9. The van der Waals surface area contributed by atoms with Crippen LogP contribution in [0.2, 0.25) is 0 Å². The number of aromatic amines is 1. The van der Waals surface area contributed by atoms with Crippen LogP contribution in [-0.2, 0) is 4.74 Å². The topological polar surface area (TPSA) is 103 Å². The maximum Gasteiger partial charge on any atom is 0.232 e. The predicted molar refractivity (Wildman–Crippen MR) is 76.2 cm³/mol. The van der Waals surface area contributed by atoms with E-state index >= 15 is 0 Å². The second-order valence-electron chi connectivity index (χ2n) is 5.08. The molecule has 21 heavy (non-hydrogen) atoms. The van der Waals surface area contributed by atoms with Gasteiger partial charge in [-0.3, -0.25) is 10.00 Å². The van der Waals surface area contributed by atoms with Crippen molar-refractivity contribution in [2.45, 2.75) is 12.5 Å². The van der Waals surface area contributed by atoms with Gasteiger partial charge in [0.25, 0.3) is 0 Å². The van der Waals surface area contributed by atoms with Gasteiger partial charge in [-0.25, -0.2) is 4.98 Å². The Labute approximate surface area is 121 Å². The maximum absolute atomic E-state index is 9.06. The Balaban J connectivity index is 2.07. The van der Waals surface area contributed by atoms with Crippen molar-refractivity contribution in [3.8, 4) is 6.07 Å². The highest BCUT2D eigenvalue weighted by Gasteiger charge is 2.42. The molecular weight excluding hydrogens is 270 g/mol. The summed E-state index contributed by atoms with van der Waals surface area (Å²) in [6, 6.07) is 2.06. The van der Waals surface area contributed by atoms with Crippen molar-refractivity contribution < 1.29 is 4.74 Å².